The Kier molecular flexibility index (Phi) is 3.37. The van der Waals surface area contributed by atoms with E-state index in [9.17, 15) is 0 Å². The second-order valence-electron chi connectivity index (χ2n) is 4.45. The minimum atomic E-state index is 0.240. The molecule has 100 valence electrons. The van der Waals surface area contributed by atoms with Crippen molar-refractivity contribution in [1.82, 2.24) is 10.5 Å². The van der Waals surface area contributed by atoms with Gasteiger partial charge in [-0.2, -0.15) is 0 Å². The first-order valence-electron chi connectivity index (χ1n) is 6.30. The molecule has 3 rings (SSSR count). The average Bonchev–Trinajstić information content (AvgIpc) is 2.97. The van der Waals surface area contributed by atoms with Crippen LogP contribution in [0.4, 0.5) is 0 Å². The molecule has 1 N–H and O–H groups in total. The molecule has 1 aliphatic heterocycles. The molecule has 0 amide bonds. The third-order valence-corrected chi connectivity index (χ3v) is 3.27. The summed E-state index contributed by atoms with van der Waals surface area (Å²) in [6.07, 6.45) is 2.58. The molecule has 1 aromatic heterocycles. The van der Waals surface area contributed by atoms with Gasteiger partial charge in [-0.3, -0.25) is 0 Å². The Bertz CT molecular complexity index is 540. The summed E-state index contributed by atoms with van der Waals surface area (Å²) in [5.74, 6) is 2.59. The molecule has 5 nitrogen and oxygen atoms in total. The lowest BCUT2D eigenvalue weighted by molar-refractivity contribution is 0.247. The van der Waals surface area contributed by atoms with Gasteiger partial charge in [-0.05, 0) is 18.2 Å². The summed E-state index contributed by atoms with van der Waals surface area (Å²) >= 11 is 0. The molecular formula is C14H16N2O3. The molecule has 5 heteroatoms. The lowest BCUT2D eigenvalue weighted by atomic mass is 10.00. The lowest BCUT2D eigenvalue weighted by Gasteiger charge is -2.26. The van der Waals surface area contributed by atoms with E-state index in [1.54, 1.807) is 13.3 Å². The van der Waals surface area contributed by atoms with Crippen molar-refractivity contribution in [2.24, 2.45) is 0 Å². The summed E-state index contributed by atoms with van der Waals surface area (Å²) in [5, 5.41) is 7.16. The van der Waals surface area contributed by atoms with E-state index in [0.717, 1.165) is 29.2 Å². The zero-order valence-electron chi connectivity index (χ0n) is 10.8. The molecular weight excluding hydrogens is 244 g/mol. The number of nitrogens with one attached hydrogen (secondary N) is 1. The van der Waals surface area contributed by atoms with Crippen molar-refractivity contribution in [3.63, 3.8) is 0 Å². The summed E-state index contributed by atoms with van der Waals surface area (Å²) in [4.78, 5) is 0. The Hall–Kier alpha value is -2.01. The minimum absolute atomic E-state index is 0.240. The number of hydrogen-bond acceptors (Lipinski definition) is 5. The van der Waals surface area contributed by atoms with Gasteiger partial charge in [-0.25, -0.2) is 0 Å². The number of methoxy groups -OCH3 is 1. The van der Waals surface area contributed by atoms with Crippen LogP contribution >= 0.6 is 0 Å². The molecule has 0 radical (unpaired) electrons. The van der Waals surface area contributed by atoms with Crippen LogP contribution in [-0.4, -0.2) is 18.9 Å². The highest BCUT2D eigenvalue weighted by Crippen LogP contribution is 2.34. The molecule has 2 heterocycles. The normalized spacial score (nSPS) is 17.6. The summed E-state index contributed by atoms with van der Waals surface area (Å²) in [6.45, 7) is 1.37. The van der Waals surface area contributed by atoms with Gasteiger partial charge in [0.05, 0.1) is 26.5 Å². The smallest absolute Gasteiger partial charge is 0.150 e. The van der Waals surface area contributed by atoms with E-state index in [4.69, 9.17) is 14.0 Å². The highest BCUT2D eigenvalue weighted by molar-refractivity contribution is 5.43. The SMILES string of the molecule is COc1ccc2c(c1)C(NCc1ccno1)CCO2. The van der Waals surface area contributed by atoms with Crippen LogP contribution in [-0.2, 0) is 6.54 Å². The summed E-state index contributed by atoms with van der Waals surface area (Å²) in [6, 6.07) is 7.99. The quantitative estimate of drug-likeness (QED) is 0.914. The fourth-order valence-corrected chi connectivity index (χ4v) is 2.27. The maximum absolute atomic E-state index is 5.66. The monoisotopic (exact) mass is 260 g/mol. The third kappa shape index (κ3) is 2.56. The predicted molar refractivity (Wildman–Crippen MR) is 69.2 cm³/mol. The van der Waals surface area contributed by atoms with E-state index in [1.807, 2.05) is 24.3 Å². The molecule has 0 spiro atoms. The Morgan fingerprint density at radius 1 is 1.42 bits per heavy atom. The van der Waals surface area contributed by atoms with Crippen LogP contribution in [0.25, 0.3) is 0 Å². The van der Waals surface area contributed by atoms with E-state index >= 15 is 0 Å². The van der Waals surface area contributed by atoms with Crippen molar-refractivity contribution in [2.75, 3.05) is 13.7 Å². The van der Waals surface area contributed by atoms with Crippen LogP contribution in [0.1, 0.15) is 23.8 Å². The van der Waals surface area contributed by atoms with E-state index < -0.39 is 0 Å². The number of rotatable bonds is 4. The summed E-state index contributed by atoms with van der Waals surface area (Å²) < 4.78 is 16.0. The van der Waals surface area contributed by atoms with Crippen molar-refractivity contribution in [3.8, 4) is 11.5 Å². The van der Waals surface area contributed by atoms with Gasteiger partial charge >= 0.3 is 0 Å². The number of fused-ring (bicyclic) bond motifs is 1. The molecule has 0 fully saturated rings. The second-order valence-corrected chi connectivity index (χ2v) is 4.45. The van der Waals surface area contributed by atoms with Gasteiger partial charge in [0.2, 0.25) is 0 Å². The van der Waals surface area contributed by atoms with Gasteiger partial charge in [0.1, 0.15) is 17.3 Å². The predicted octanol–water partition coefficient (Wildman–Crippen LogP) is 2.30. The number of aromatic nitrogens is 1. The molecule has 1 unspecified atom stereocenters. The Morgan fingerprint density at radius 2 is 2.37 bits per heavy atom. The van der Waals surface area contributed by atoms with Crippen molar-refractivity contribution in [1.29, 1.82) is 0 Å². The Balaban J connectivity index is 1.77. The van der Waals surface area contributed by atoms with Crippen LogP contribution in [0.3, 0.4) is 0 Å². The average molecular weight is 260 g/mol. The molecule has 1 atom stereocenters. The van der Waals surface area contributed by atoms with Gasteiger partial charge in [-0.15, -0.1) is 0 Å². The van der Waals surface area contributed by atoms with Crippen LogP contribution in [0.15, 0.2) is 35.0 Å². The number of hydrogen-bond donors (Lipinski definition) is 1. The molecule has 2 aromatic rings. The van der Waals surface area contributed by atoms with E-state index in [0.29, 0.717) is 13.2 Å². The molecule has 19 heavy (non-hydrogen) atoms. The van der Waals surface area contributed by atoms with Crippen LogP contribution in [0.5, 0.6) is 11.5 Å². The second kappa shape index (κ2) is 5.32. The van der Waals surface area contributed by atoms with Gasteiger partial charge in [0.25, 0.3) is 0 Å². The fourth-order valence-electron chi connectivity index (χ4n) is 2.27. The topological polar surface area (TPSA) is 56.5 Å². The van der Waals surface area contributed by atoms with Gasteiger partial charge in [0.15, 0.2) is 0 Å². The van der Waals surface area contributed by atoms with Crippen molar-refractivity contribution >= 4 is 0 Å². The lowest BCUT2D eigenvalue weighted by Crippen LogP contribution is -2.26. The van der Waals surface area contributed by atoms with Crippen molar-refractivity contribution in [3.05, 3.63) is 41.8 Å². The minimum Gasteiger partial charge on any atom is -0.497 e. The zero-order valence-corrected chi connectivity index (χ0v) is 10.8. The van der Waals surface area contributed by atoms with Gasteiger partial charge in [-0.1, -0.05) is 5.16 Å². The first-order chi connectivity index (χ1) is 9.36. The number of nitrogens with zero attached hydrogens (tertiary/aromatic N) is 1. The molecule has 1 aromatic carbocycles. The number of ether oxygens (including phenoxy) is 2. The van der Waals surface area contributed by atoms with Crippen LogP contribution in [0.2, 0.25) is 0 Å². The van der Waals surface area contributed by atoms with E-state index in [-0.39, 0.29) is 6.04 Å². The highest BCUT2D eigenvalue weighted by Gasteiger charge is 2.22. The Morgan fingerprint density at radius 3 is 3.16 bits per heavy atom. The molecule has 0 saturated heterocycles. The molecule has 0 saturated carbocycles. The van der Waals surface area contributed by atoms with E-state index in [1.165, 1.54) is 0 Å². The maximum atomic E-state index is 5.66. The first-order valence-corrected chi connectivity index (χ1v) is 6.30. The van der Waals surface area contributed by atoms with Crippen molar-refractivity contribution in [2.45, 2.75) is 19.0 Å². The van der Waals surface area contributed by atoms with Crippen LogP contribution in [0, 0.1) is 0 Å². The molecule has 0 bridgehead atoms. The summed E-state index contributed by atoms with van der Waals surface area (Å²) in [5.41, 5.74) is 1.13. The van der Waals surface area contributed by atoms with Gasteiger partial charge < -0.3 is 19.3 Å². The fraction of sp³-hybridized carbons (Fsp3) is 0.357. The summed E-state index contributed by atoms with van der Waals surface area (Å²) in [7, 11) is 1.67. The molecule has 0 aliphatic carbocycles. The van der Waals surface area contributed by atoms with Crippen LogP contribution < -0.4 is 14.8 Å². The maximum Gasteiger partial charge on any atom is 0.150 e. The highest BCUT2D eigenvalue weighted by atomic mass is 16.5. The Labute approximate surface area is 111 Å². The third-order valence-electron chi connectivity index (χ3n) is 3.27. The molecule has 1 aliphatic rings. The largest absolute Gasteiger partial charge is 0.497 e. The standard InChI is InChI=1S/C14H16N2O3/c1-17-10-2-3-14-12(8-10)13(5-7-18-14)15-9-11-4-6-16-19-11/h2-4,6,8,13,15H,5,7,9H2,1H3. The van der Waals surface area contributed by atoms with Crippen molar-refractivity contribution < 1.29 is 14.0 Å². The van der Waals surface area contributed by atoms with E-state index in [2.05, 4.69) is 10.5 Å². The van der Waals surface area contributed by atoms with Gasteiger partial charge in [0, 0.05) is 24.1 Å². The number of benzene rings is 1. The first kappa shape index (κ1) is 12.0. The zero-order chi connectivity index (χ0) is 13.1.